The van der Waals surface area contributed by atoms with Gasteiger partial charge < -0.3 is 11.1 Å². The molecule has 0 fully saturated rings. The molecule has 0 aliphatic carbocycles. The van der Waals surface area contributed by atoms with Gasteiger partial charge in [-0.2, -0.15) is 13.2 Å². The lowest BCUT2D eigenvalue weighted by Gasteiger charge is -2.12. The van der Waals surface area contributed by atoms with Gasteiger partial charge in [-0.1, -0.05) is 23.7 Å². The Kier molecular flexibility index (Phi) is 4.09. The summed E-state index contributed by atoms with van der Waals surface area (Å²) in [7, 11) is 0. The Morgan fingerprint density at radius 3 is 2.25 bits per heavy atom. The number of nitrogen functional groups attached to an aromatic ring is 1. The summed E-state index contributed by atoms with van der Waals surface area (Å²) in [6.45, 7) is 0.451. The molecular formula is C14H12ClF3N2. The van der Waals surface area contributed by atoms with Crippen LogP contribution >= 0.6 is 11.6 Å². The molecule has 2 rings (SSSR count). The second-order valence-electron chi connectivity index (χ2n) is 4.28. The molecule has 2 aromatic rings. The lowest BCUT2D eigenvalue weighted by atomic mass is 10.1. The third kappa shape index (κ3) is 3.57. The second-order valence-corrected chi connectivity index (χ2v) is 4.72. The van der Waals surface area contributed by atoms with Crippen LogP contribution in [0.2, 0.25) is 5.02 Å². The molecule has 2 nitrogen and oxygen atoms in total. The summed E-state index contributed by atoms with van der Waals surface area (Å²) < 4.78 is 37.5. The first-order valence-corrected chi connectivity index (χ1v) is 6.19. The highest BCUT2D eigenvalue weighted by Crippen LogP contribution is 2.32. The number of hydrogen-bond donors (Lipinski definition) is 2. The Balaban J connectivity index is 2.08. The van der Waals surface area contributed by atoms with E-state index in [0.717, 1.165) is 17.7 Å². The summed E-state index contributed by atoms with van der Waals surface area (Å²) in [5, 5.41) is 3.62. The number of rotatable bonds is 3. The van der Waals surface area contributed by atoms with Gasteiger partial charge in [-0.25, -0.2) is 0 Å². The maximum absolute atomic E-state index is 12.5. The number of alkyl halides is 3. The highest BCUT2D eigenvalue weighted by atomic mass is 35.5. The van der Waals surface area contributed by atoms with Crippen molar-refractivity contribution in [3.05, 3.63) is 58.6 Å². The Morgan fingerprint density at radius 2 is 1.70 bits per heavy atom. The number of anilines is 2. The van der Waals surface area contributed by atoms with Crippen molar-refractivity contribution in [2.75, 3.05) is 11.1 Å². The minimum absolute atomic E-state index is 0.0637. The lowest BCUT2D eigenvalue weighted by Crippen LogP contribution is -2.08. The number of halogens is 4. The van der Waals surface area contributed by atoms with Crippen molar-refractivity contribution >= 4 is 23.0 Å². The zero-order valence-electron chi connectivity index (χ0n) is 10.3. The largest absolute Gasteiger partial charge is 0.416 e. The third-order valence-electron chi connectivity index (χ3n) is 2.78. The van der Waals surface area contributed by atoms with Crippen molar-refractivity contribution in [3.63, 3.8) is 0 Å². The molecule has 6 heteroatoms. The van der Waals surface area contributed by atoms with Gasteiger partial charge in [0.1, 0.15) is 0 Å². The van der Waals surface area contributed by atoms with E-state index in [1.165, 1.54) is 6.07 Å². The molecule has 0 saturated heterocycles. The summed E-state index contributed by atoms with van der Waals surface area (Å²) in [6, 6.07) is 10.4. The molecule has 0 aromatic heterocycles. The number of hydrogen-bond acceptors (Lipinski definition) is 2. The molecule has 2 aromatic carbocycles. The molecular weight excluding hydrogens is 289 g/mol. The molecule has 0 radical (unpaired) electrons. The molecule has 0 aliphatic rings. The van der Waals surface area contributed by atoms with Crippen LogP contribution in [0.15, 0.2) is 42.5 Å². The first-order valence-electron chi connectivity index (χ1n) is 5.81. The van der Waals surface area contributed by atoms with Gasteiger partial charge in [-0.05, 0) is 35.9 Å². The van der Waals surface area contributed by atoms with E-state index in [1.54, 1.807) is 12.1 Å². The van der Waals surface area contributed by atoms with Crippen molar-refractivity contribution in [1.82, 2.24) is 0 Å². The summed E-state index contributed by atoms with van der Waals surface area (Å²) in [6.07, 6.45) is -4.39. The molecule has 106 valence electrons. The predicted octanol–water partition coefficient (Wildman–Crippen LogP) is 4.55. The normalized spacial score (nSPS) is 11.4. The van der Waals surface area contributed by atoms with Crippen molar-refractivity contribution in [3.8, 4) is 0 Å². The van der Waals surface area contributed by atoms with E-state index in [2.05, 4.69) is 5.32 Å². The van der Waals surface area contributed by atoms with E-state index in [1.807, 2.05) is 12.1 Å². The van der Waals surface area contributed by atoms with Crippen LogP contribution in [0.4, 0.5) is 24.5 Å². The van der Waals surface area contributed by atoms with Gasteiger partial charge >= 0.3 is 6.18 Å². The highest BCUT2D eigenvalue weighted by molar-refractivity contribution is 6.30. The van der Waals surface area contributed by atoms with Gasteiger partial charge in [-0.15, -0.1) is 0 Å². The van der Waals surface area contributed by atoms with E-state index in [9.17, 15) is 13.2 Å². The van der Waals surface area contributed by atoms with Gasteiger partial charge in [0, 0.05) is 11.6 Å². The minimum atomic E-state index is -4.39. The summed E-state index contributed by atoms with van der Waals surface area (Å²) >= 11 is 5.77. The number of benzene rings is 2. The smallest absolute Gasteiger partial charge is 0.397 e. The maximum Gasteiger partial charge on any atom is 0.416 e. The average molecular weight is 301 g/mol. The standard InChI is InChI=1S/C14H12ClF3N2/c15-11-4-1-9(2-5-11)8-20-13-6-3-10(7-12(13)19)14(16,17)18/h1-7,20H,8,19H2. The van der Waals surface area contributed by atoms with Crippen molar-refractivity contribution in [2.24, 2.45) is 0 Å². The zero-order valence-corrected chi connectivity index (χ0v) is 11.1. The molecule has 3 N–H and O–H groups in total. The molecule has 20 heavy (non-hydrogen) atoms. The van der Waals surface area contributed by atoms with Crippen LogP contribution < -0.4 is 11.1 Å². The van der Waals surface area contributed by atoms with Crippen LogP contribution in [0.3, 0.4) is 0 Å². The van der Waals surface area contributed by atoms with Gasteiger partial charge in [0.25, 0.3) is 0 Å². The molecule has 0 heterocycles. The summed E-state index contributed by atoms with van der Waals surface area (Å²) in [4.78, 5) is 0. The van der Waals surface area contributed by atoms with Crippen LogP contribution in [-0.4, -0.2) is 0 Å². The van der Waals surface area contributed by atoms with Crippen LogP contribution in [0.5, 0.6) is 0 Å². The van der Waals surface area contributed by atoms with E-state index in [-0.39, 0.29) is 5.69 Å². The van der Waals surface area contributed by atoms with Gasteiger partial charge in [-0.3, -0.25) is 0 Å². The van der Waals surface area contributed by atoms with Gasteiger partial charge in [0.15, 0.2) is 0 Å². The van der Waals surface area contributed by atoms with E-state index in [0.29, 0.717) is 17.3 Å². The fraction of sp³-hybridized carbons (Fsp3) is 0.143. The number of nitrogens with two attached hydrogens (primary N) is 1. The predicted molar refractivity (Wildman–Crippen MR) is 74.6 cm³/mol. The topological polar surface area (TPSA) is 38.0 Å². The van der Waals surface area contributed by atoms with E-state index in [4.69, 9.17) is 17.3 Å². The van der Waals surface area contributed by atoms with E-state index >= 15 is 0 Å². The van der Waals surface area contributed by atoms with Crippen molar-refractivity contribution in [1.29, 1.82) is 0 Å². The lowest BCUT2D eigenvalue weighted by molar-refractivity contribution is -0.137. The second kappa shape index (κ2) is 5.63. The summed E-state index contributed by atoms with van der Waals surface area (Å²) in [5.74, 6) is 0. The average Bonchev–Trinajstić information content (AvgIpc) is 2.38. The van der Waals surface area contributed by atoms with Gasteiger partial charge in [0.2, 0.25) is 0 Å². The molecule has 0 saturated carbocycles. The maximum atomic E-state index is 12.5. The minimum Gasteiger partial charge on any atom is -0.397 e. The SMILES string of the molecule is Nc1cc(C(F)(F)F)ccc1NCc1ccc(Cl)cc1. The molecule has 0 atom stereocenters. The number of nitrogens with one attached hydrogen (secondary N) is 1. The van der Waals surface area contributed by atoms with Crippen molar-refractivity contribution in [2.45, 2.75) is 12.7 Å². The Morgan fingerprint density at radius 1 is 1.05 bits per heavy atom. The highest BCUT2D eigenvalue weighted by Gasteiger charge is 2.30. The first-order chi connectivity index (χ1) is 9.36. The Hall–Kier alpha value is -1.88. The van der Waals surface area contributed by atoms with E-state index < -0.39 is 11.7 Å². The fourth-order valence-electron chi connectivity index (χ4n) is 1.70. The van der Waals surface area contributed by atoms with Crippen LogP contribution in [0.25, 0.3) is 0 Å². The zero-order chi connectivity index (χ0) is 14.8. The van der Waals surface area contributed by atoms with Crippen LogP contribution in [-0.2, 0) is 12.7 Å². The summed E-state index contributed by atoms with van der Waals surface area (Å²) in [5.41, 5.74) is 6.35. The fourth-order valence-corrected chi connectivity index (χ4v) is 1.83. The molecule has 0 amide bonds. The molecule has 0 spiro atoms. The van der Waals surface area contributed by atoms with Gasteiger partial charge in [0.05, 0.1) is 16.9 Å². The Labute approximate surface area is 119 Å². The molecule has 0 aliphatic heterocycles. The third-order valence-corrected chi connectivity index (χ3v) is 3.03. The Bertz CT molecular complexity index is 594. The molecule has 0 bridgehead atoms. The monoisotopic (exact) mass is 300 g/mol. The van der Waals surface area contributed by atoms with Crippen LogP contribution in [0.1, 0.15) is 11.1 Å². The quantitative estimate of drug-likeness (QED) is 0.816. The molecule has 0 unspecified atom stereocenters. The van der Waals surface area contributed by atoms with Crippen LogP contribution in [0, 0.1) is 0 Å². The van der Waals surface area contributed by atoms with Crippen molar-refractivity contribution < 1.29 is 13.2 Å². The first kappa shape index (κ1) is 14.5.